The lowest BCUT2D eigenvalue weighted by Gasteiger charge is -2.04. The molecule has 0 aliphatic heterocycles. The van der Waals surface area contributed by atoms with E-state index in [0.29, 0.717) is 11.3 Å². The number of hydrogen-bond acceptors (Lipinski definition) is 3. The first-order valence-corrected chi connectivity index (χ1v) is 6.33. The second-order valence-corrected chi connectivity index (χ2v) is 4.79. The number of halogens is 2. The Kier molecular flexibility index (Phi) is 3.17. The molecule has 0 aliphatic carbocycles. The molecule has 0 saturated heterocycles. The van der Waals surface area contributed by atoms with Crippen molar-refractivity contribution in [3.05, 3.63) is 59.7 Å². The van der Waals surface area contributed by atoms with Crippen LogP contribution in [0.4, 0.5) is 14.7 Å². The molecule has 5 heteroatoms. The molecule has 0 spiro atoms. The lowest BCUT2D eigenvalue weighted by atomic mass is 10.00. The van der Waals surface area contributed by atoms with Crippen LogP contribution in [0.2, 0.25) is 0 Å². The zero-order chi connectivity index (χ0) is 15.0. The molecule has 2 N–H and O–H groups in total. The number of aryl methyl sites for hydroxylation is 1. The third-order valence-electron chi connectivity index (χ3n) is 3.19. The fourth-order valence-corrected chi connectivity index (χ4v) is 2.19. The molecule has 0 atom stereocenters. The van der Waals surface area contributed by atoms with Gasteiger partial charge in [0.05, 0.1) is 5.56 Å². The Morgan fingerprint density at radius 2 is 1.57 bits per heavy atom. The van der Waals surface area contributed by atoms with Crippen molar-refractivity contribution in [1.82, 2.24) is 5.16 Å². The molecule has 1 heterocycles. The second kappa shape index (κ2) is 5.01. The average molecular weight is 286 g/mol. The molecule has 0 amide bonds. The monoisotopic (exact) mass is 286 g/mol. The van der Waals surface area contributed by atoms with Gasteiger partial charge in [0.2, 0.25) is 5.88 Å². The molecule has 0 unspecified atom stereocenters. The lowest BCUT2D eigenvalue weighted by Crippen LogP contribution is -1.89. The normalized spacial score (nSPS) is 10.8. The fourth-order valence-electron chi connectivity index (χ4n) is 2.19. The van der Waals surface area contributed by atoms with Crippen molar-refractivity contribution < 1.29 is 13.3 Å². The summed E-state index contributed by atoms with van der Waals surface area (Å²) in [5.41, 5.74) is 8.80. The van der Waals surface area contributed by atoms with Crippen LogP contribution in [-0.4, -0.2) is 5.16 Å². The van der Waals surface area contributed by atoms with Crippen molar-refractivity contribution in [3.8, 4) is 22.4 Å². The third kappa shape index (κ3) is 2.50. The number of anilines is 1. The SMILES string of the molecule is Cc1ccc(-c2c(-c3cc(F)cc(F)c3)noc2N)cc1. The van der Waals surface area contributed by atoms with E-state index in [2.05, 4.69) is 5.16 Å². The Morgan fingerprint density at radius 3 is 2.19 bits per heavy atom. The predicted octanol–water partition coefficient (Wildman–Crippen LogP) is 4.18. The van der Waals surface area contributed by atoms with Gasteiger partial charge in [0.25, 0.3) is 0 Å². The molecular formula is C16H12F2N2O. The largest absolute Gasteiger partial charge is 0.367 e. The van der Waals surface area contributed by atoms with E-state index in [0.717, 1.165) is 17.2 Å². The van der Waals surface area contributed by atoms with Gasteiger partial charge >= 0.3 is 0 Å². The minimum Gasteiger partial charge on any atom is -0.367 e. The minimum atomic E-state index is -0.679. The molecule has 2 aromatic carbocycles. The lowest BCUT2D eigenvalue weighted by molar-refractivity contribution is 0.439. The Morgan fingerprint density at radius 1 is 0.952 bits per heavy atom. The number of nitrogens with zero attached hydrogens (tertiary/aromatic N) is 1. The van der Waals surface area contributed by atoms with Crippen molar-refractivity contribution in [2.45, 2.75) is 6.92 Å². The van der Waals surface area contributed by atoms with E-state index in [-0.39, 0.29) is 11.4 Å². The van der Waals surface area contributed by atoms with Crippen LogP contribution in [0.3, 0.4) is 0 Å². The van der Waals surface area contributed by atoms with Gasteiger partial charge in [-0.25, -0.2) is 8.78 Å². The number of hydrogen-bond donors (Lipinski definition) is 1. The van der Waals surface area contributed by atoms with Gasteiger partial charge in [-0.2, -0.15) is 0 Å². The fraction of sp³-hybridized carbons (Fsp3) is 0.0625. The maximum absolute atomic E-state index is 13.4. The second-order valence-electron chi connectivity index (χ2n) is 4.79. The number of nitrogen functional groups attached to an aromatic ring is 1. The van der Waals surface area contributed by atoms with E-state index < -0.39 is 11.6 Å². The molecular weight excluding hydrogens is 274 g/mol. The first-order valence-electron chi connectivity index (χ1n) is 6.33. The van der Waals surface area contributed by atoms with Gasteiger partial charge in [-0.1, -0.05) is 35.0 Å². The van der Waals surface area contributed by atoms with E-state index >= 15 is 0 Å². The van der Waals surface area contributed by atoms with Crippen LogP contribution in [0.15, 0.2) is 47.0 Å². The highest BCUT2D eigenvalue weighted by Crippen LogP contribution is 2.36. The Balaban J connectivity index is 2.19. The van der Waals surface area contributed by atoms with Crippen LogP contribution in [0.1, 0.15) is 5.56 Å². The quantitative estimate of drug-likeness (QED) is 0.769. The van der Waals surface area contributed by atoms with Crippen molar-refractivity contribution in [2.24, 2.45) is 0 Å². The van der Waals surface area contributed by atoms with Crippen LogP contribution < -0.4 is 5.73 Å². The zero-order valence-electron chi connectivity index (χ0n) is 11.2. The summed E-state index contributed by atoms with van der Waals surface area (Å²) in [7, 11) is 0. The van der Waals surface area contributed by atoms with Gasteiger partial charge in [0.15, 0.2) is 0 Å². The summed E-state index contributed by atoms with van der Waals surface area (Å²) in [5, 5.41) is 3.83. The number of nitrogens with two attached hydrogens (primary N) is 1. The molecule has 3 aromatic rings. The van der Waals surface area contributed by atoms with E-state index in [9.17, 15) is 8.78 Å². The first-order chi connectivity index (χ1) is 10.0. The van der Waals surface area contributed by atoms with Gasteiger partial charge in [-0.3, -0.25) is 0 Å². The zero-order valence-corrected chi connectivity index (χ0v) is 11.2. The number of rotatable bonds is 2. The highest BCUT2D eigenvalue weighted by Gasteiger charge is 2.18. The van der Waals surface area contributed by atoms with E-state index in [1.807, 2.05) is 31.2 Å². The van der Waals surface area contributed by atoms with Crippen LogP contribution in [-0.2, 0) is 0 Å². The predicted molar refractivity (Wildman–Crippen MR) is 76.4 cm³/mol. The minimum absolute atomic E-state index is 0.110. The molecule has 106 valence electrons. The van der Waals surface area contributed by atoms with E-state index in [4.69, 9.17) is 10.3 Å². The summed E-state index contributed by atoms with van der Waals surface area (Å²) in [6, 6.07) is 10.7. The number of benzene rings is 2. The summed E-state index contributed by atoms with van der Waals surface area (Å²) in [4.78, 5) is 0. The molecule has 0 radical (unpaired) electrons. The standard InChI is InChI=1S/C16H12F2N2O/c1-9-2-4-10(5-3-9)14-15(20-21-16(14)19)11-6-12(17)8-13(18)7-11/h2-8H,19H2,1H3. The molecule has 0 aliphatic rings. The van der Waals surface area contributed by atoms with Crippen molar-refractivity contribution in [3.63, 3.8) is 0 Å². The van der Waals surface area contributed by atoms with Crippen LogP contribution >= 0.6 is 0 Å². The maximum atomic E-state index is 13.4. The highest BCUT2D eigenvalue weighted by molar-refractivity contribution is 5.86. The van der Waals surface area contributed by atoms with Gasteiger partial charge in [0.1, 0.15) is 17.3 Å². The summed E-state index contributed by atoms with van der Waals surface area (Å²) in [5.74, 6) is -1.25. The van der Waals surface area contributed by atoms with Crippen LogP contribution in [0.5, 0.6) is 0 Å². The smallest absolute Gasteiger partial charge is 0.230 e. The summed E-state index contributed by atoms with van der Waals surface area (Å²) < 4.78 is 31.8. The van der Waals surface area contributed by atoms with Crippen molar-refractivity contribution in [2.75, 3.05) is 5.73 Å². The molecule has 21 heavy (non-hydrogen) atoms. The topological polar surface area (TPSA) is 52.0 Å². The van der Waals surface area contributed by atoms with Gasteiger partial charge < -0.3 is 10.3 Å². The molecule has 0 bridgehead atoms. The van der Waals surface area contributed by atoms with Crippen molar-refractivity contribution >= 4 is 5.88 Å². The third-order valence-corrected chi connectivity index (χ3v) is 3.19. The average Bonchev–Trinajstić information content (AvgIpc) is 2.80. The Bertz CT molecular complexity index is 774. The Labute approximate surface area is 120 Å². The van der Waals surface area contributed by atoms with Crippen LogP contribution in [0, 0.1) is 18.6 Å². The summed E-state index contributed by atoms with van der Waals surface area (Å²) in [6.07, 6.45) is 0. The van der Waals surface area contributed by atoms with Crippen molar-refractivity contribution in [1.29, 1.82) is 0 Å². The number of aromatic nitrogens is 1. The first kappa shape index (κ1) is 13.3. The van der Waals surface area contributed by atoms with Gasteiger partial charge in [-0.05, 0) is 24.6 Å². The van der Waals surface area contributed by atoms with Crippen LogP contribution in [0.25, 0.3) is 22.4 Å². The van der Waals surface area contributed by atoms with Gasteiger partial charge in [-0.15, -0.1) is 0 Å². The molecule has 0 fully saturated rings. The summed E-state index contributed by atoms with van der Waals surface area (Å²) >= 11 is 0. The molecule has 0 saturated carbocycles. The molecule has 3 rings (SSSR count). The molecule has 3 nitrogen and oxygen atoms in total. The van der Waals surface area contributed by atoms with Gasteiger partial charge in [0, 0.05) is 11.6 Å². The maximum Gasteiger partial charge on any atom is 0.230 e. The summed E-state index contributed by atoms with van der Waals surface area (Å²) in [6.45, 7) is 1.96. The highest BCUT2D eigenvalue weighted by atomic mass is 19.1. The molecule has 1 aromatic heterocycles. The Hall–Kier alpha value is -2.69. The van der Waals surface area contributed by atoms with E-state index in [1.165, 1.54) is 12.1 Å². The van der Waals surface area contributed by atoms with E-state index in [1.54, 1.807) is 0 Å².